The molecule has 2 N–H and O–H groups in total. The van der Waals surface area contributed by atoms with E-state index in [0.29, 0.717) is 11.3 Å². The third kappa shape index (κ3) is 5.49. The topological polar surface area (TPSA) is 76.7 Å². The molecule has 1 aliphatic rings. The van der Waals surface area contributed by atoms with Crippen LogP contribution in [0.1, 0.15) is 23.5 Å². The van der Waals surface area contributed by atoms with Gasteiger partial charge in [-0.1, -0.05) is 6.07 Å². The van der Waals surface area contributed by atoms with Gasteiger partial charge in [0.1, 0.15) is 11.5 Å². The third-order valence-electron chi connectivity index (χ3n) is 4.61. The van der Waals surface area contributed by atoms with Gasteiger partial charge in [-0.2, -0.15) is 8.78 Å². The highest BCUT2D eigenvalue weighted by atomic mass is 35.5. The van der Waals surface area contributed by atoms with E-state index in [1.54, 1.807) is 25.1 Å². The minimum Gasteiger partial charge on any atom is -0.496 e. The molecule has 0 aliphatic carbocycles. The van der Waals surface area contributed by atoms with Crippen molar-refractivity contribution in [1.29, 1.82) is 0 Å². The van der Waals surface area contributed by atoms with Crippen LogP contribution < -0.4 is 19.5 Å². The van der Waals surface area contributed by atoms with Gasteiger partial charge in [0.25, 0.3) is 10.0 Å². The maximum Gasteiger partial charge on any atom is 0.387 e. The number of methoxy groups -OCH3 is 1. The van der Waals surface area contributed by atoms with Crippen molar-refractivity contribution in [2.24, 2.45) is 0 Å². The summed E-state index contributed by atoms with van der Waals surface area (Å²) in [5.41, 5.74) is 1.45. The Morgan fingerprint density at radius 1 is 1.17 bits per heavy atom. The first-order chi connectivity index (χ1) is 13.3. The zero-order chi connectivity index (χ0) is 20.3. The van der Waals surface area contributed by atoms with E-state index in [9.17, 15) is 17.2 Å². The number of nitrogens with one attached hydrogen (secondary N) is 2. The number of ether oxygens (including phenoxy) is 2. The lowest BCUT2D eigenvalue weighted by atomic mass is 9.97. The number of sulfonamides is 1. The summed E-state index contributed by atoms with van der Waals surface area (Å²) in [5, 5.41) is 3.24. The molecule has 2 aromatic rings. The number of rotatable bonds is 7. The van der Waals surface area contributed by atoms with Crippen LogP contribution in [0, 0.1) is 6.92 Å². The van der Waals surface area contributed by atoms with Crippen LogP contribution in [-0.2, 0) is 10.0 Å². The van der Waals surface area contributed by atoms with E-state index in [1.807, 2.05) is 0 Å². The standard InChI is InChI=1S/C19H22F2N2O4S.ClH/c1-12-3-5-18(27-19(20)21)16(9-12)23-28(24,25)14-4-6-17(26-2)15(10-14)13-7-8-22-11-13;/h3-6,9-10,13,19,22-23H,7-8,11H2,1-2H3;1H. The highest BCUT2D eigenvalue weighted by Gasteiger charge is 2.24. The van der Waals surface area contributed by atoms with Crippen molar-refractivity contribution in [3.8, 4) is 11.5 Å². The Kier molecular flexibility index (Phi) is 7.67. The second-order valence-corrected chi connectivity index (χ2v) is 8.26. The van der Waals surface area contributed by atoms with E-state index in [4.69, 9.17) is 4.74 Å². The van der Waals surface area contributed by atoms with E-state index in [1.165, 1.54) is 25.3 Å². The van der Waals surface area contributed by atoms with Crippen molar-refractivity contribution in [2.75, 3.05) is 24.9 Å². The van der Waals surface area contributed by atoms with Gasteiger partial charge in [-0.25, -0.2) is 8.42 Å². The molecule has 1 atom stereocenters. The zero-order valence-corrected chi connectivity index (χ0v) is 17.6. The quantitative estimate of drug-likeness (QED) is 0.671. The van der Waals surface area contributed by atoms with Crippen molar-refractivity contribution >= 4 is 28.1 Å². The van der Waals surface area contributed by atoms with Crippen molar-refractivity contribution in [1.82, 2.24) is 5.32 Å². The fourth-order valence-corrected chi connectivity index (χ4v) is 4.34. The summed E-state index contributed by atoms with van der Waals surface area (Å²) in [6.07, 6.45) is 0.873. The van der Waals surface area contributed by atoms with E-state index in [2.05, 4.69) is 14.8 Å². The lowest BCUT2D eigenvalue weighted by Gasteiger charge is -2.17. The number of anilines is 1. The van der Waals surface area contributed by atoms with Gasteiger partial charge in [0.2, 0.25) is 0 Å². The zero-order valence-electron chi connectivity index (χ0n) is 15.9. The largest absolute Gasteiger partial charge is 0.496 e. The van der Waals surface area contributed by atoms with E-state index in [0.717, 1.165) is 25.1 Å². The van der Waals surface area contributed by atoms with Gasteiger partial charge in [-0.3, -0.25) is 4.72 Å². The molecule has 6 nitrogen and oxygen atoms in total. The third-order valence-corrected chi connectivity index (χ3v) is 5.97. The number of hydrogen-bond donors (Lipinski definition) is 2. The molecule has 29 heavy (non-hydrogen) atoms. The highest BCUT2D eigenvalue weighted by Crippen LogP contribution is 2.34. The van der Waals surface area contributed by atoms with Crippen molar-refractivity contribution in [2.45, 2.75) is 30.8 Å². The van der Waals surface area contributed by atoms with Crippen LogP contribution in [0.15, 0.2) is 41.3 Å². The summed E-state index contributed by atoms with van der Waals surface area (Å²) in [4.78, 5) is 0.0275. The predicted molar refractivity (Wildman–Crippen MR) is 109 cm³/mol. The maximum atomic E-state index is 12.9. The van der Waals surface area contributed by atoms with E-state index < -0.39 is 16.6 Å². The second kappa shape index (κ2) is 9.60. The Balaban J connectivity index is 0.00000300. The molecule has 0 radical (unpaired) electrons. The fraction of sp³-hybridized carbons (Fsp3) is 0.368. The molecule has 1 unspecified atom stereocenters. The Morgan fingerprint density at radius 3 is 2.52 bits per heavy atom. The summed E-state index contributed by atoms with van der Waals surface area (Å²) in [5.74, 6) is 0.518. The molecule has 10 heteroatoms. The first-order valence-electron chi connectivity index (χ1n) is 8.77. The molecular formula is C19H23ClF2N2O4S. The molecule has 0 amide bonds. The van der Waals surface area contributed by atoms with Gasteiger partial charge in [0.15, 0.2) is 0 Å². The predicted octanol–water partition coefficient (Wildman–Crippen LogP) is 3.90. The van der Waals surface area contributed by atoms with E-state index in [-0.39, 0.29) is 34.7 Å². The molecule has 1 aliphatic heterocycles. The smallest absolute Gasteiger partial charge is 0.387 e. The van der Waals surface area contributed by atoms with Crippen molar-refractivity contribution < 1.29 is 26.7 Å². The molecule has 160 valence electrons. The average molecular weight is 449 g/mol. The van der Waals surface area contributed by atoms with Gasteiger partial charge in [-0.05, 0) is 61.3 Å². The van der Waals surface area contributed by atoms with Crippen LogP contribution in [-0.4, -0.2) is 35.2 Å². The Morgan fingerprint density at radius 2 is 1.90 bits per heavy atom. The minimum atomic E-state index is -4.02. The summed E-state index contributed by atoms with van der Waals surface area (Å²) in [6, 6.07) is 8.92. The van der Waals surface area contributed by atoms with Crippen LogP contribution in [0.3, 0.4) is 0 Å². The first kappa shape index (κ1) is 23.2. The van der Waals surface area contributed by atoms with Gasteiger partial charge in [-0.15, -0.1) is 12.4 Å². The lowest BCUT2D eigenvalue weighted by molar-refractivity contribution is -0.0493. The monoisotopic (exact) mass is 448 g/mol. The normalized spacial score (nSPS) is 16.4. The van der Waals surface area contributed by atoms with Crippen molar-refractivity contribution in [3.63, 3.8) is 0 Å². The molecule has 0 spiro atoms. The molecule has 1 fully saturated rings. The average Bonchev–Trinajstić information content (AvgIpc) is 3.17. The first-order valence-corrected chi connectivity index (χ1v) is 10.3. The fourth-order valence-electron chi connectivity index (χ4n) is 3.24. The van der Waals surface area contributed by atoms with Gasteiger partial charge >= 0.3 is 6.61 Å². The molecule has 3 rings (SSSR count). The van der Waals surface area contributed by atoms with Crippen LogP contribution in [0.4, 0.5) is 14.5 Å². The highest BCUT2D eigenvalue weighted by molar-refractivity contribution is 7.92. The molecule has 2 aromatic carbocycles. The summed E-state index contributed by atoms with van der Waals surface area (Å²) in [6.45, 7) is 0.245. The Labute approximate surface area is 175 Å². The van der Waals surface area contributed by atoms with Crippen LogP contribution in [0.25, 0.3) is 0 Å². The van der Waals surface area contributed by atoms with Gasteiger partial charge in [0.05, 0.1) is 17.7 Å². The molecule has 0 bridgehead atoms. The number of halogens is 3. The van der Waals surface area contributed by atoms with Crippen LogP contribution in [0.2, 0.25) is 0 Å². The molecule has 0 aromatic heterocycles. The molecular weight excluding hydrogens is 426 g/mol. The number of benzene rings is 2. The van der Waals surface area contributed by atoms with Crippen LogP contribution in [0.5, 0.6) is 11.5 Å². The molecule has 1 heterocycles. The number of alkyl halides is 2. The summed E-state index contributed by atoms with van der Waals surface area (Å²) < 4.78 is 63.3. The Bertz CT molecular complexity index is 951. The van der Waals surface area contributed by atoms with E-state index >= 15 is 0 Å². The second-order valence-electron chi connectivity index (χ2n) is 6.58. The lowest BCUT2D eigenvalue weighted by Crippen LogP contribution is -2.16. The van der Waals surface area contributed by atoms with Gasteiger partial charge in [0, 0.05) is 12.5 Å². The SMILES string of the molecule is COc1ccc(S(=O)(=O)Nc2cc(C)ccc2OC(F)F)cc1C1CCNC1.Cl. The van der Waals surface area contributed by atoms with Gasteiger partial charge < -0.3 is 14.8 Å². The van der Waals surface area contributed by atoms with Crippen LogP contribution >= 0.6 is 12.4 Å². The van der Waals surface area contributed by atoms with Crippen molar-refractivity contribution in [3.05, 3.63) is 47.5 Å². The number of aryl methyl sites for hydroxylation is 1. The maximum absolute atomic E-state index is 12.9. The minimum absolute atomic E-state index is 0. The molecule has 0 saturated carbocycles. The molecule has 1 saturated heterocycles. The summed E-state index contributed by atoms with van der Waals surface area (Å²) in [7, 11) is -2.48. The Hall–Kier alpha value is -2.10. The summed E-state index contributed by atoms with van der Waals surface area (Å²) >= 11 is 0. The number of hydrogen-bond acceptors (Lipinski definition) is 5.